The average molecular weight is 493 g/mol. The zero-order chi connectivity index (χ0) is 25.7. The van der Waals surface area contributed by atoms with E-state index in [0.29, 0.717) is 6.42 Å². The maximum atomic E-state index is 12.1. The monoisotopic (exact) mass is 492 g/mol. The normalized spacial score (nSPS) is 10.9. The maximum absolute atomic E-state index is 12.1. The third kappa shape index (κ3) is 15.2. The van der Waals surface area contributed by atoms with Gasteiger partial charge in [-0.3, -0.25) is 20.2 Å². The van der Waals surface area contributed by atoms with E-state index in [2.05, 4.69) is 6.92 Å². The Morgan fingerprint density at radius 1 is 0.629 bits per heavy atom. The number of rotatable bonds is 22. The summed E-state index contributed by atoms with van der Waals surface area (Å²) in [6.45, 7) is 2.46. The molecule has 1 rings (SSSR count). The van der Waals surface area contributed by atoms with Crippen molar-refractivity contribution in [1.82, 2.24) is 0 Å². The zero-order valence-electron chi connectivity index (χ0n) is 21.5. The van der Waals surface area contributed by atoms with E-state index in [1.54, 1.807) is 0 Å². The molecule has 1 aromatic carbocycles. The Morgan fingerprint density at radius 3 is 1.31 bits per heavy atom. The third-order valence-corrected chi connectivity index (χ3v) is 6.29. The SMILES string of the molecule is CCCCCCCCCCCCCCCCCCCCOC(=O)c1cc([N+](=O)[O-])cc([N+](=O)[O-])c1. The van der Waals surface area contributed by atoms with Crippen molar-refractivity contribution in [2.75, 3.05) is 6.61 Å². The van der Waals surface area contributed by atoms with E-state index < -0.39 is 27.2 Å². The minimum atomic E-state index is -0.774. The number of non-ortho nitro benzene ring substituents is 2. The van der Waals surface area contributed by atoms with Crippen LogP contribution in [-0.2, 0) is 4.74 Å². The smallest absolute Gasteiger partial charge is 0.338 e. The van der Waals surface area contributed by atoms with E-state index in [-0.39, 0.29) is 12.2 Å². The fourth-order valence-corrected chi connectivity index (χ4v) is 4.18. The third-order valence-electron chi connectivity index (χ3n) is 6.29. The molecule has 0 aliphatic carbocycles. The summed E-state index contributed by atoms with van der Waals surface area (Å²) in [6.07, 6.45) is 22.9. The van der Waals surface area contributed by atoms with Gasteiger partial charge in [0.15, 0.2) is 0 Å². The first-order valence-electron chi connectivity index (χ1n) is 13.6. The summed E-state index contributed by atoms with van der Waals surface area (Å²) in [5, 5.41) is 21.8. The van der Waals surface area contributed by atoms with Gasteiger partial charge in [0.05, 0.1) is 28.1 Å². The van der Waals surface area contributed by atoms with E-state index in [9.17, 15) is 25.0 Å². The maximum Gasteiger partial charge on any atom is 0.338 e. The first-order chi connectivity index (χ1) is 17.0. The molecule has 1 aromatic rings. The standard InChI is InChI=1S/C27H44N2O6/c1-2-3-4-5-6-7-8-9-10-11-12-13-14-15-16-17-18-19-20-35-27(30)24-21-25(28(31)32)23-26(22-24)29(33)34/h21-23H,2-20H2,1H3. The van der Waals surface area contributed by atoms with Crippen LogP contribution in [0.4, 0.5) is 11.4 Å². The molecule has 0 unspecified atom stereocenters. The lowest BCUT2D eigenvalue weighted by Crippen LogP contribution is -2.08. The Bertz CT molecular complexity index is 721. The van der Waals surface area contributed by atoms with Gasteiger partial charge in [0.2, 0.25) is 0 Å². The van der Waals surface area contributed by atoms with Gasteiger partial charge in [0.1, 0.15) is 0 Å². The van der Waals surface area contributed by atoms with Gasteiger partial charge >= 0.3 is 5.97 Å². The highest BCUT2D eigenvalue weighted by molar-refractivity contribution is 5.91. The quantitative estimate of drug-likeness (QED) is 0.0692. The highest BCUT2D eigenvalue weighted by atomic mass is 16.6. The van der Waals surface area contributed by atoms with Gasteiger partial charge in [0.25, 0.3) is 11.4 Å². The topological polar surface area (TPSA) is 113 Å². The van der Waals surface area contributed by atoms with Gasteiger partial charge in [-0.15, -0.1) is 0 Å². The summed E-state index contributed by atoms with van der Waals surface area (Å²) in [7, 11) is 0. The number of benzene rings is 1. The molecule has 0 radical (unpaired) electrons. The summed E-state index contributed by atoms with van der Waals surface area (Å²) in [5.41, 5.74) is -1.17. The van der Waals surface area contributed by atoms with Crippen LogP contribution in [0.2, 0.25) is 0 Å². The molecule has 0 saturated heterocycles. The molecule has 0 bridgehead atoms. The molecule has 0 aromatic heterocycles. The van der Waals surface area contributed by atoms with Crippen molar-refractivity contribution in [3.63, 3.8) is 0 Å². The second-order valence-electron chi connectivity index (χ2n) is 9.40. The van der Waals surface area contributed by atoms with Crippen molar-refractivity contribution in [2.45, 2.75) is 122 Å². The van der Waals surface area contributed by atoms with Crippen molar-refractivity contribution < 1.29 is 19.4 Å². The first kappa shape index (κ1) is 30.5. The number of nitrogens with zero attached hydrogens (tertiary/aromatic N) is 2. The minimum absolute atomic E-state index is 0.173. The van der Waals surface area contributed by atoms with E-state index in [1.807, 2.05) is 0 Å². The van der Waals surface area contributed by atoms with Gasteiger partial charge in [-0.05, 0) is 6.42 Å². The van der Waals surface area contributed by atoms with Crippen LogP contribution in [0, 0.1) is 20.2 Å². The molecule has 35 heavy (non-hydrogen) atoms. The summed E-state index contributed by atoms with van der Waals surface area (Å²) in [6, 6.07) is 2.84. The van der Waals surface area contributed by atoms with Gasteiger partial charge in [0, 0.05) is 12.1 Å². The Kier molecular flexibility index (Phi) is 17.2. The number of hydrogen-bond acceptors (Lipinski definition) is 6. The number of nitro benzene ring substituents is 2. The van der Waals surface area contributed by atoms with Gasteiger partial charge < -0.3 is 4.74 Å². The number of hydrogen-bond donors (Lipinski definition) is 0. The molecule has 0 aliphatic rings. The van der Waals surface area contributed by atoms with Crippen molar-refractivity contribution in [1.29, 1.82) is 0 Å². The molecule has 0 heterocycles. The van der Waals surface area contributed by atoms with Crippen molar-refractivity contribution in [3.8, 4) is 0 Å². The Balaban J connectivity index is 1.97. The van der Waals surface area contributed by atoms with Gasteiger partial charge in [-0.25, -0.2) is 4.79 Å². The molecule has 8 nitrogen and oxygen atoms in total. The molecule has 0 amide bonds. The molecule has 198 valence electrons. The lowest BCUT2D eigenvalue weighted by atomic mass is 10.0. The van der Waals surface area contributed by atoms with Crippen LogP contribution >= 0.6 is 0 Å². The van der Waals surface area contributed by atoms with Crippen LogP contribution < -0.4 is 0 Å². The molecule has 0 spiro atoms. The highest BCUT2D eigenvalue weighted by Gasteiger charge is 2.20. The summed E-state index contributed by atoms with van der Waals surface area (Å²) in [5.74, 6) is -0.774. The number of esters is 1. The number of carbonyl (C=O) groups excluding carboxylic acids is 1. The van der Waals surface area contributed by atoms with E-state index >= 15 is 0 Å². The number of nitro groups is 2. The van der Waals surface area contributed by atoms with E-state index in [4.69, 9.17) is 4.74 Å². The molecule has 0 saturated carbocycles. The Morgan fingerprint density at radius 2 is 0.971 bits per heavy atom. The summed E-state index contributed by atoms with van der Waals surface area (Å²) in [4.78, 5) is 32.4. The minimum Gasteiger partial charge on any atom is -0.462 e. The molecular weight excluding hydrogens is 448 g/mol. The summed E-state index contributed by atoms with van der Waals surface area (Å²) >= 11 is 0. The molecule has 0 N–H and O–H groups in total. The van der Waals surface area contributed by atoms with Crippen molar-refractivity contribution in [2.24, 2.45) is 0 Å². The van der Waals surface area contributed by atoms with Crippen LogP contribution in [0.15, 0.2) is 18.2 Å². The second kappa shape index (κ2) is 19.8. The number of carbonyl (C=O) groups is 1. The predicted octanol–water partition coefficient (Wildman–Crippen LogP) is 8.70. The van der Waals surface area contributed by atoms with Crippen LogP contribution in [-0.4, -0.2) is 22.4 Å². The lowest BCUT2D eigenvalue weighted by molar-refractivity contribution is -0.394. The molecule has 8 heteroatoms. The number of unbranched alkanes of at least 4 members (excludes halogenated alkanes) is 17. The van der Waals surface area contributed by atoms with Crippen LogP contribution in [0.3, 0.4) is 0 Å². The zero-order valence-corrected chi connectivity index (χ0v) is 21.5. The molecule has 0 atom stereocenters. The lowest BCUT2D eigenvalue weighted by Gasteiger charge is -2.06. The molecule has 0 fully saturated rings. The average Bonchev–Trinajstić information content (AvgIpc) is 2.84. The largest absolute Gasteiger partial charge is 0.462 e. The highest BCUT2D eigenvalue weighted by Crippen LogP contribution is 2.23. The fourth-order valence-electron chi connectivity index (χ4n) is 4.18. The van der Waals surface area contributed by atoms with Gasteiger partial charge in [-0.1, -0.05) is 116 Å². The molecular formula is C27H44N2O6. The predicted molar refractivity (Wildman–Crippen MR) is 139 cm³/mol. The molecule has 0 aliphatic heterocycles. The number of ether oxygens (including phenoxy) is 1. The van der Waals surface area contributed by atoms with Crippen molar-refractivity contribution >= 4 is 17.3 Å². The van der Waals surface area contributed by atoms with Crippen molar-refractivity contribution in [3.05, 3.63) is 44.0 Å². The van der Waals surface area contributed by atoms with Crippen LogP contribution in [0.25, 0.3) is 0 Å². The summed E-state index contributed by atoms with van der Waals surface area (Å²) < 4.78 is 5.14. The van der Waals surface area contributed by atoms with E-state index in [1.165, 1.54) is 96.3 Å². The first-order valence-corrected chi connectivity index (χ1v) is 13.6. The van der Waals surface area contributed by atoms with Gasteiger partial charge in [-0.2, -0.15) is 0 Å². The van der Waals surface area contributed by atoms with Crippen LogP contribution in [0.5, 0.6) is 0 Å². The van der Waals surface area contributed by atoms with E-state index in [0.717, 1.165) is 31.0 Å². The Hall–Kier alpha value is -2.51. The second-order valence-corrected chi connectivity index (χ2v) is 9.40. The fraction of sp³-hybridized carbons (Fsp3) is 0.741. The Labute approximate surface area is 210 Å². The van der Waals surface area contributed by atoms with Crippen LogP contribution in [0.1, 0.15) is 133 Å².